The summed E-state index contributed by atoms with van der Waals surface area (Å²) in [5.74, 6) is 0. The molecule has 0 aliphatic carbocycles. The molecule has 1 N–H and O–H groups in total. The number of thiazole rings is 1. The van der Waals surface area contributed by atoms with E-state index >= 15 is 0 Å². The summed E-state index contributed by atoms with van der Waals surface area (Å²) in [5.41, 5.74) is -0.461. The second kappa shape index (κ2) is 2.80. The van der Waals surface area contributed by atoms with E-state index in [0.717, 1.165) is 24.6 Å². The maximum Gasteiger partial charge on any atom is 0.107 e. The summed E-state index contributed by atoms with van der Waals surface area (Å²) in [6, 6.07) is 0. The lowest BCUT2D eigenvalue weighted by Gasteiger charge is -2.43. The molecule has 2 heterocycles. The Balaban J connectivity index is 1.84. The lowest BCUT2D eigenvalue weighted by molar-refractivity contribution is -0.0871. The fourth-order valence-corrected chi connectivity index (χ4v) is 2.21. The van der Waals surface area contributed by atoms with Gasteiger partial charge in [-0.3, -0.25) is 4.90 Å². The van der Waals surface area contributed by atoms with Crippen molar-refractivity contribution in [1.82, 2.24) is 9.88 Å². The van der Waals surface area contributed by atoms with Crippen LogP contribution in [-0.4, -0.2) is 33.7 Å². The summed E-state index contributed by atoms with van der Waals surface area (Å²) in [4.78, 5) is 6.37. The minimum atomic E-state index is -0.461. The zero-order chi connectivity index (χ0) is 8.60. The first kappa shape index (κ1) is 8.16. The van der Waals surface area contributed by atoms with Crippen molar-refractivity contribution in [3.63, 3.8) is 0 Å². The second-order valence-corrected chi connectivity index (χ2v) is 4.55. The van der Waals surface area contributed by atoms with E-state index in [9.17, 15) is 5.11 Å². The first-order valence-corrected chi connectivity index (χ1v) is 4.87. The van der Waals surface area contributed by atoms with Crippen molar-refractivity contribution in [2.75, 3.05) is 13.1 Å². The smallest absolute Gasteiger partial charge is 0.107 e. The van der Waals surface area contributed by atoms with Gasteiger partial charge in [0.25, 0.3) is 0 Å². The highest BCUT2D eigenvalue weighted by Gasteiger charge is 2.36. The van der Waals surface area contributed by atoms with Crippen molar-refractivity contribution in [3.8, 4) is 0 Å². The Hall–Kier alpha value is -0.450. The Morgan fingerprint density at radius 3 is 3.00 bits per heavy atom. The standard InChI is InChI=1S/C8H12N2OS/c1-8(11)5-10(6-8)4-7-9-2-3-12-7/h2-3,11H,4-6H2,1H3. The molecule has 1 saturated heterocycles. The van der Waals surface area contributed by atoms with E-state index < -0.39 is 5.60 Å². The Morgan fingerprint density at radius 2 is 2.50 bits per heavy atom. The monoisotopic (exact) mass is 184 g/mol. The lowest BCUT2D eigenvalue weighted by Crippen LogP contribution is -2.59. The highest BCUT2D eigenvalue weighted by molar-refractivity contribution is 7.09. The molecular weight excluding hydrogens is 172 g/mol. The number of rotatable bonds is 2. The summed E-state index contributed by atoms with van der Waals surface area (Å²) < 4.78 is 0. The Bertz CT molecular complexity index is 250. The number of nitrogens with zero attached hydrogens (tertiary/aromatic N) is 2. The van der Waals surface area contributed by atoms with Crippen molar-refractivity contribution in [3.05, 3.63) is 16.6 Å². The fourth-order valence-electron chi connectivity index (χ4n) is 1.55. The van der Waals surface area contributed by atoms with Crippen LogP contribution < -0.4 is 0 Å². The van der Waals surface area contributed by atoms with Gasteiger partial charge >= 0.3 is 0 Å². The topological polar surface area (TPSA) is 36.4 Å². The van der Waals surface area contributed by atoms with Crippen LogP contribution >= 0.6 is 11.3 Å². The second-order valence-electron chi connectivity index (χ2n) is 3.57. The zero-order valence-electron chi connectivity index (χ0n) is 7.03. The SMILES string of the molecule is CC1(O)CN(Cc2nccs2)C1. The first-order valence-electron chi connectivity index (χ1n) is 3.99. The molecule has 66 valence electrons. The summed E-state index contributed by atoms with van der Waals surface area (Å²) >= 11 is 1.67. The molecule has 1 aromatic heterocycles. The Labute approximate surface area is 75.7 Å². The molecule has 0 saturated carbocycles. The molecule has 0 bridgehead atoms. The summed E-state index contributed by atoms with van der Waals surface area (Å²) in [5, 5.41) is 12.6. The van der Waals surface area contributed by atoms with E-state index in [1.54, 1.807) is 11.3 Å². The molecule has 1 aliphatic rings. The van der Waals surface area contributed by atoms with Gasteiger partial charge in [-0.05, 0) is 6.92 Å². The largest absolute Gasteiger partial charge is 0.388 e. The highest BCUT2D eigenvalue weighted by atomic mass is 32.1. The van der Waals surface area contributed by atoms with E-state index in [0.29, 0.717) is 0 Å². The molecule has 0 unspecified atom stereocenters. The van der Waals surface area contributed by atoms with E-state index in [2.05, 4.69) is 9.88 Å². The molecule has 4 heteroatoms. The van der Waals surface area contributed by atoms with Gasteiger partial charge in [0.1, 0.15) is 5.01 Å². The minimum Gasteiger partial charge on any atom is -0.388 e. The highest BCUT2D eigenvalue weighted by Crippen LogP contribution is 2.22. The average Bonchev–Trinajstić information content (AvgIpc) is 2.35. The molecule has 1 aromatic rings. The van der Waals surface area contributed by atoms with E-state index in [1.165, 1.54) is 0 Å². The van der Waals surface area contributed by atoms with Crippen LogP contribution in [0.3, 0.4) is 0 Å². The van der Waals surface area contributed by atoms with Crippen LogP contribution in [0.4, 0.5) is 0 Å². The van der Waals surface area contributed by atoms with Crippen molar-refractivity contribution >= 4 is 11.3 Å². The van der Waals surface area contributed by atoms with Gasteiger partial charge in [0.2, 0.25) is 0 Å². The maximum absolute atomic E-state index is 9.45. The maximum atomic E-state index is 9.45. The number of β-amino-alcohol motifs (C(OH)–C–C–N with tert-alkyl or cyclic N) is 1. The van der Waals surface area contributed by atoms with Crippen molar-refractivity contribution < 1.29 is 5.11 Å². The van der Waals surface area contributed by atoms with Crippen LogP contribution in [0.15, 0.2) is 11.6 Å². The molecule has 0 radical (unpaired) electrons. The summed E-state index contributed by atoms with van der Waals surface area (Å²) in [6.45, 7) is 4.29. The molecule has 2 rings (SSSR count). The van der Waals surface area contributed by atoms with Crippen LogP contribution in [0.2, 0.25) is 0 Å². The number of aliphatic hydroxyl groups is 1. The van der Waals surface area contributed by atoms with Gasteiger partial charge in [0.15, 0.2) is 0 Å². The first-order chi connectivity index (χ1) is 5.66. The van der Waals surface area contributed by atoms with Gasteiger partial charge in [-0.15, -0.1) is 11.3 Å². The zero-order valence-corrected chi connectivity index (χ0v) is 7.84. The minimum absolute atomic E-state index is 0.461. The van der Waals surface area contributed by atoms with Crippen molar-refractivity contribution in [2.45, 2.75) is 19.1 Å². The Kier molecular flexibility index (Phi) is 1.90. The number of aromatic nitrogens is 1. The third-order valence-corrected chi connectivity index (χ3v) is 2.74. The molecule has 0 atom stereocenters. The Morgan fingerprint density at radius 1 is 1.75 bits per heavy atom. The summed E-state index contributed by atoms with van der Waals surface area (Å²) in [6.07, 6.45) is 1.82. The fraction of sp³-hybridized carbons (Fsp3) is 0.625. The predicted octanol–water partition coefficient (Wildman–Crippen LogP) is 0.710. The number of hydrogen-bond acceptors (Lipinski definition) is 4. The van der Waals surface area contributed by atoms with E-state index in [4.69, 9.17) is 0 Å². The number of likely N-dealkylation sites (tertiary alicyclic amines) is 1. The van der Waals surface area contributed by atoms with Crippen LogP contribution in [0, 0.1) is 0 Å². The predicted molar refractivity (Wildman–Crippen MR) is 48.0 cm³/mol. The third-order valence-electron chi connectivity index (χ3n) is 1.97. The molecule has 1 fully saturated rings. The van der Waals surface area contributed by atoms with E-state index in [-0.39, 0.29) is 0 Å². The van der Waals surface area contributed by atoms with Gasteiger partial charge in [0.05, 0.1) is 12.1 Å². The molecule has 0 aromatic carbocycles. The molecule has 0 spiro atoms. The van der Waals surface area contributed by atoms with Crippen LogP contribution in [0.1, 0.15) is 11.9 Å². The molecule has 3 nitrogen and oxygen atoms in total. The molecule has 12 heavy (non-hydrogen) atoms. The van der Waals surface area contributed by atoms with Crippen molar-refractivity contribution in [2.24, 2.45) is 0 Å². The molecule has 0 amide bonds. The van der Waals surface area contributed by atoms with Crippen LogP contribution in [-0.2, 0) is 6.54 Å². The van der Waals surface area contributed by atoms with Crippen molar-refractivity contribution in [1.29, 1.82) is 0 Å². The quantitative estimate of drug-likeness (QED) is 0.735. The van der Waals surface area contributed by atoms with Gasteiger partial charge in [-0.2, -0.15) is 0 Å². The van der Waals surface area contributed by atoms with Gasteiger partial charge < -0.3 is 5.11 Å². The number of hydrogen-bond donors (Lipinski definition) is 1. The summed E-state index contributed by atoms with van der Waals surface area (Å²) in [7, 11) is 0. The third kappa shape index (κ3) is 1.65. The van der Waals surface area contributed by atoms with Crippen LogP contribution in [0.25, 0.3) is 0 Å². The van der Waals surface area contributed by atoms with Gasteiger partial charge in [-0.25, -0.2) is 4.98 Å². The van der Waals surface area contributed by atoms with Gasteiger partial charge in [0, 0.05) is 24.7 Å². The van der Waals surface area contributed by atoms with Crippen LogP contribution in [0.5, 0.6) is 0 Å². The van der Waals surface area contributed by atoms with E-state index in [1.807, 2.05) is 18.5 Å². The normalized spacial score (nSPS) is 22.2. The molecule has 1 aliphatic heterocycles. The molecular formula is C8H12N2OS. The lowest BCUT2D eigenvalue weighted by atomic mass is 9.97. The van der Waals surface area contributed by atoms with Gasteiger partial charge in [-0.1, -0.05) is 0 Å². The average molecular weight is 184 g/mol.